The summed E-state index contributed by atoms with van der Waals surface area (Å²) in [5.74, 6) is 0. The van der Waals surface area contributed by atoms with E-state index in [0.29, 0.717) is 0 Å². The van der Waals surface area contributed by atoms with Crippen LogP contribution in [0.2, 0.25) is 0 Å². The van der Waals surface area contributed by atoms with Crippen LogP contribution in [0, 0.1) is 0 Å². The van der Waals surface area contributed by atoms with E-state index in [0.717, 1.165) is 36.3 Å². The van der Waals surface area contributed by atoms with Gasteiger partial charge in [-0.05, 0) is 18.9 Å². The van der Waals surface area contributed by atoms with E-state index in [-0.39, 0.29) is 0 Å². The second kappa shape index (κ2) is 10.1. The van der Waals surface area contributed by atoms with Gasteiger partial charge in [0.1, 0.15) is 0 Å². The van der Waals surface area contributed by atoms with Crippen molar-refractivity contribution >= 4 is 10.2 Å². The van der Waals surface area contributed by atoms with E-state index in [1.807, 2.05) is 6.08 Å². The number of unbranched alkanes of at least 4 members (excludes halogenated alkanes) is 4. The Hall–Kier alpha value is -0.123. The van der Waals surface area contributed by atoms with Gasteiger partial charge in [-0.1, -0.05) is 46.1 Å². The van der Waals surface area contributed by atoms with Gasteiger partial charge in [-0.25, -0.2) is 0 Å². The molecule has 0 atom stereocenters. The summed E-state index contributed by atoms with van der Waals surface area (Å²) < 4.78 is 11.6. The third-order valence-electron chi connectivity index (χ3n) is 2.64. The van der Waals surface area contributed by atoms with Crippen molar-refractivity contribution in [3.63, 3.8) is 0 Å². The molecule has 0 aliphatic carbocycles. The Morgan fingerprint density at radius 1 is 1.00 bits per heavy atom. The molecule has 16 heavy (non-hydrogen) atoms. The van der Waals surface area contributed by atoms with E-state index in [9.17, 15) is 0 Å². The van der Waals surface area contributed by atoms with Gasteiger partial charge in [0, 0.05) is 13.2 Å². The molecular formula is C13H28O2Si. The van der Waals surface area contributed by atoms with Crippen molar-refractivity contribution in [2.45, 2.75) is 57.8 Å². The predicted octanol–water partition coefficient (Wildman–Crippen LogP) is 2.61. The molecule has 0 saturated carbocycles. The number of hydrogen-bond acceptors (Lipinski definition) is 2. The van der Waals surface area contributed by atoms with Crippen LogP contribution in [0.1, 0.15) is 52.4 Å². The van der Waals surface area contributed by atoms with Gasteiger partial charge in [0.2, 0.25) is 0 Å². The molecule has 3 heteroatoms. The highest BCUT2D eigenvalue weighted by atomic mass is 28.1. The molecule has 0 aromatic rings. The molecule has 0 aromatic carbocycles. The molecule has 0 bridgehead atoms. The quantitative estimate of drug-likeness (QED) is 0.241. The highest BCUT2D eigenvalue weighted by Gasteiger charge is 2.20. The van der Waals surface area contributed by atoms with Crippen LogP contribution in [0.3, 0.4) is 0 Å². The Kier molecular flexibility index (Phi) is 9.98. The SMILES string of the molecule is C=CC([SiH3])(OCCCCC)OCCCCC. The van der Waals surface area contributed by atoms with Gasteiger partial charge in [0.25, 0.3) is 0 Å². The minimum Gasteiger partial charge on any atom is -0.351 e. The van der Waals surface area contributed by atoms with Crippen molar-refractivity contribution in [3.05, 3.63) is 12.7 Å². The van der Waals surface area contributed by atoms with Gasteiger partial charge in [-0.2, -0.15) is 0 Å². The molecule has 0 amide bonds. The molecule has 0 aliphatic rings. The minimum absolute atomic E-state index is 0.457. The standard InChI is InChI=1S/C13H28O2Si/c1-4-7-9-11-14-13(16,6-3)15-12-10-8-5-2/h6H,3-5,7-12H2,1-2,16H3. The van der Waals surface area contributed by atoms with Gasteiger partial charge in [-0.3, -0.25) is 0 Å². The first-order valence-corrected chi connectivity index (χ1v) is 7.60. The molecule has 0 radical (unpaired) electrons. The van der Waals surface area contributed by atoms with Crippen LogP contribution in [0.4, 0.5) is 0 Å². The van der Waals surface area contributed by atoms with Gasteiger partial charge >= 0.3 is 0 Å². The summed E-state index contributed by atoms with van der Waals surface area (Å²) in [7, 11) is 0.843. The zero-order valence-electron chi connectivity index (χ0n) is 11.3. The lowest BCUT2D eigenvalue weighted by Gasteiger charge is -2.27. The first-order chi connectivity index (χ1) is 7.68. The van der Waals surface area contributed by atoms with Crippen molar-refractivity contribution in [1.82, 2.24) is 0 Å². The molecule has 96 valence electrons. The molecule has 0 rings (SSSR count). The third-order valence-corrected chi connectivity index (χ3v) is 3.63. The molecular weight excluding hydrogens is 216 g/mol. The second-order valence-electron chi connectivity index (χ2n) is 4.33. The Labute approximate surface area is 104 Å². The highest BCUT2D eigenvalue weighted by molar-refractivity contribution is 6.14. The lowest BCUT2D eigenvalue weighted by Crippen LogP contribution is -2.35. The van der Waals surface area contributed by atoms with Crippen LogP contribution in [-0.2, 0) is 9.47 Å². The monoisotopic (exact) mass is 244 g/mol. The van der Waals surface area contributed by atoms with E-state index >= 15 is 0 Å². The van der Waals surface area contributed by atoms with Gasteiger partial charge in [-0.15, -0.1) is 0 Å². The van der Waals surface area contributed by atoms with E-state index in [4.69, 9.17) is 9.47 Å². The lowest BCUT2D eigenvalue weighted by atomic mass is 10.3. The summed E-state index contributed by atoms with van der Waals surface area (Å²) >= 11 is 0. The molecule has 0 aromatic heterocycles. The van der Waals surface area contributed by atoms with Crippen LogP contribution in [0.5, 0.6) is 0 Å². The summed E-state index contributed by atoms with van der Waals surface area (Å²) in [5, 5.41) is 0. The molecule has 0 fully saturated rings. The summed E-state index contributed by atoms with van der Waals surface area (Å²) in [5.41, 5.74) is -0.457. The maximum Gasteiger partial charge on any atom is 0.159 e. The van der Waals surface area contributed by atoms with E-state index in [1.54, 1.807) is 0 Å². The predicted molar refractivity (Wildman–Crippen MR) is 73.8 cm³/mol. The zero-order valence-corrected chi connectivity index (χ0v) is 13.3. The first-order valence-electron chi connectivity index (χ1n) is 6.60. The molecule has 0 spiro atoms. The molecule has 0 N–H and O–H groups in total. The molecule has 0 heterocycles. The smallest absolute Gasteiger partial charge is 0.159 e. The van der Waals surface area contributed by atoms with Crippen molar-refractivity contribution in [3.8, 4) is 0 Å². The average Bonchev–Trinajstić information content (AvgIpc) is 2.31. The largest absolute Gasteiger partial charge is 0.351 e. The summed E-state index contributed by atoms with van der Waals surface area (Å²) in [6, 6.07) is 0. The van der Waals surface area contributed by atoms with Crippen molar-refractivity contribution < 1.29 is 9.47 Å². The number of hydrogen-bond donors (Lipinski definition) is 0. The van der Waals surface area contributed by atoms with Crippen LogP contribution in [-0.4, -0.2) is 28.9 Å². The Morgan fingerprint density at radius 3 is 1.75 bits per heavy atom. The molecule has 0 unspecified atom stereocenters. The molecule has 0 saturated heterocycles. The normalized spacial score (nSPS) is 11.9. The maximum absolute atomic E-state index is 5.78. The second-order valence-corrected chi connectivity index (χ2v) is 5.73. The minimum atomic E-state index is -0.457. The highest BCUT2D eigenvalue weighted by Crippen LogP contribution is 2.12. The fraction of sp³-hybridized carbons (Fsp3) is 0.846. The van der Waals surface area contributed by atoms with Crippen LogP contribution in [0.15, 0.2) is 12.7 Å². The number of ether oxygens (including phenoxy) is 2. The maximum atomic E-state index is 5.78. The van der Waals surface area contributed by atoms with Crippen molar-refractivity contribution in [1.29, 1.82) is 0 Å². The van der Waals surface area contributed by atoms with E-state index in [1.165, 1.54) is 25.7 Å². The van der Waals surface area contributed by atoms with Crippen molar-refractivity contribution in [2.24, 2.45) is 0 Å². The van der Waals surface area contributed by atoms with Gasteiger partial charge < -0.3 is 9.47 Å². The Bertz CT molecular complexity index is 159. The topological polar surface area (TPSA) is 18.5 Å². The van der Waals surface area contributed by atoms with E-state index in [2.05, 4.69) is 20.4 Å². The lowest BCUT2D eigenvalue weighted by molar-refractivity contribution is -0.147. The Morgan fingerprint density at radius 2 is 1.44 bits per heavy atom. The van der Waals surface area contributed by atoms with Gasteiger partial charge in [0.05, 0.1) is 10.2 Å². The molecule has 2 nitrogen and oxygen atoms in total. The van der Waals surface area contributed by atoms with Crippen LogP contribution >= 0.6 is 0 Å². The van der Waals surface area contributed by atoms with Crippen LogP contribution in [0.25, 0.3) is 0 Å². The summed E-state index contributed by atoms with van der Waals surface area (Å²) in [6.45, 7) is 9.79. The number of rotatable bonds is 11. The molecule has 0 aliphatic heterocycles. The summed E-state index contributed by atoms with van der Waals surface area (Å²) in [6.07, 6.45) is 8.96. The zero-order chi connectivity index (χ0) is 12.3. The van der Waals surface area contributed by atoms with Gasteiger partial charge in [0.15, 0.2) is 5.41 Å². The van der Waals surface area contributed by atoms with Crippen molar-refractivity contribution in [2.75, 3.05) is 13.2 Å². The fourth-order valence-corrected chi connectivity index (χ4v) is 1.82. The average molecular weight is 244 g/mol. The fourth-order valence-electron chi connectivity index (χ4n) is 1.41. The van der Waals surface area contributed by atoms with E-state index < -0.39 is 5.41 Å². The van der Waals surface area contributed by atoms with Crippen LogP contribution < -0.4 is 0 Å². The third kappa shape index (κ3) is 8.08. The first kappa shape index (κ1) is 15.9. The Balaban J connectivity index is 3.68. The summed E-state index contributed by atoms with van der Waals surface area (Å²) in [4.78, 5) is 0.